The van der Waals surface area contributed by atoms with Gasteiger partial charge in [-0.25, -0.2) is 0 Å². The molecule has 5 heteroatoms. The van der Waals surface area contributed by atoms with E-state index in [0.29, 0.717) is 0 Å². The van der Waals surface area contributed by atoms with Crippen molar-refractivity contribution in [3.05, 3.63) is 20.8 Å². The monoisotopic (exact) mass is 320 g/mol. The summed E-state index contributed by atoms with van der Waals surface area (Å²) in [5.74, 6) is 0. The fourth-order valence-corrected chi connectivity index (χ4v) is 3.70. The Hall–Kier alpha value is 0.0600. The van der Waals surface area contributed by atoms with Crippen molar-refractivity contribution in [2.75, 3.05) is 19.7 Å². The molecular weight excluding hydrogens is 300 g/mol. The van der Waals surface area contributed by atoms with E-state index in [-0.39, 0.29) is 18.7 Å². The van der Waals surface area contributed by atoms with Gasteiger partial charge in [-0.05, 0) is 48.0 Å². The number of rotatable bonds is 7. The molecule has 0 radical (unpaired) electrons. The molecule has 0 aliphatic rings. The maximum absolute atomic E-state index is 8.94. The molecule has 1 aromatic heterocycles. The Morgan fingerprint density at radius 1 is 1.53 bits per heavy atom. The summed E-state index contributed by atoms with van der Waals surface area (Å²) < 4.78 is 1.14. The van der Waals surface area contributed by atoms with Crippen LogP contribution >= 0.6 is 27.3 Å². The van der Waals surface area contributed by atoms with Crippen LogP contribution in [0.1, 0.15) is 31.2 Å². The maximum atomic E-state index is 8.94. The van der Waals surface area contributed by atoms with Gasteiger partial charge in [-0.15, -0.1) is 11.3 Å². The lowest BCUT2D eigenvalue weighted by molar-refractivity contribution is 0.167. The highest BCUT2D eigenvalue weighted by atomic mass is 79.9. The van der Waals surface area contributed by atoms with Crippen LogP contribution in [-0.4, -0.2) is 35.7 Å². The first-order valence-electron chi connectivity index (χ1n) is 5.95. The van der Waals surface area contributed by atoms with Crippen LogP contribution in [0.15, 0.2) is 15.9 Å². The Morgan fingerprint density at radius 3 is 2.65 bits per heavy atom. The van der Waals surface area contributed by atoms with Gasteiger partial charge in [0.2, 0.25) is 0 Å². The lowest BCUT2D eigenvalue weighted by Gasteiger charge is -2.32. The van der Waals surface area contributed by atoms with E-state index < -0.39 is 0 Å². The minimum absolute atomic E-state index is 0.0826. The molecule has 0 saturated heterocycles. The molecule has 0 bridgehead atoms. The fourth-order valence-electron chi connectivity index (χ4n) is 2.03. The molecule has 3 nitrogen and oxygen atoms in total. The zero-order valence-corrected chi connectivity index (χ0v) is 12.8. The fraction of sp³-hybridized carbons (Fsp3) is 0.667. The van der Waals surface area contributed by atoms with Crippen molar-refractivity contribution in [2.24, 2.45) is 5.73 Å². The highest BCUT2D eigenvalue weighted by Crippen LogP contribution is 2.32. The molecule has 17 heavy (non-hydrogen) atoms. The minimum atomic E-state index is 0.0826. The Balaban J connectivity index is 2.83. The van der Waals surface area contributed by atoms with E-state index in [4.69, 9.17) is 10.8 Å². The van der Waals surface area contributed by atoms with Crippen LogP contribution in [0, 0.1) is 0 Å². The predicted molar refractivity (Wildman–Crippen MR) is 77.4 cm³/mol. The second-order valence-corrected chi connectivity index (χ2v) is 6.65. The maximum Gasteiger partial charge on any atom is 0.0702 e. The van der Waals surface area contributed by atoms with Gasteiger partial charge in [-0.1, -0.05) is 6.92 Å². The quantitative estimate of drug-likeness (QED) is 0.812. The molecule has 0 aromatic carbocycles. The number of thiophene rings is 1. The zero-order valence-electron chi connectivity index (χ0n) is 10.4. The van der Waals surface area contributed by atoms with Gasteiger partial charge in [0.15, 0.2) is 0 Å². The lowest BCUT2D eigenvalue weighted by atomic mass is 10.1. The number of aliphatic hydroxyl groups is 1. The molecule has 0 fully saturated rings. The first-order valence-corrected chi connectivity index (χ1v) is 7.56. The summed E-state index contributed by atoms with van der Waals surface area (Å²) in [4.78, 5) is 3.62. The summed E-state index contributed by atoms with van der Waals surface area (Å²) in [6.45, 7) is 6.24. The Kier molecular flexibility index (Phi) is 6.66. The van der Waals surface area contributed by atoms with Crippen molar-refractivity contribution < 1.29 is 5.11 Å². The van der Waals surface area contributed by atoms with Crippen molar-refractivity contribution in [1.29, 1.82) is 0 Å². The number of halogens is 1. The smallest absolute Gasteiger partial charge is 0.0702 e. The summed E-state index contributed by atoms with van der Waals surface area (Å²) in [6.07, 6.45) is 0.795. The topological polar surface area (TPSA) is 49.5 Å². The Bertz CT molecular complexity index is 330. The SMILES string of the molecule is CCN(CCCO)C(c1ccc(Br)s1)C(C)N. The van der Waals surface area contributed by atoms with Gasteiger partial charge >= 0.3 is 0 Å². The first-order chi connectivity index (χ1) is 8.10. The molecule has 3 N–H and O–H groups in total. The van der Waals surface area contributed by atoms with E-state index in [0.717, 1.165) is 23.3 Å². The summed E-state index contributed by atoms with van der Waals surface area (Å²) in [5, 5.41) is 8.94. The molecule has 0 aliphatic carbocycles. The third-order valence-electron chi connectivity index (χ3n) is 2.79. The molecule has 1 aromatic rings. The average molecular weight is 321 g/mol. The number of likely N-dealkylation sites (N-methyl/N-ethyl adjacent to an activating group) is 1. The van der Waals surface area contributed by atoms with E-state index in [9.17, 15) is 0 Å². The third kappa shape index (κ3) is 4.34. The Morgan fingerprint density at radius 2 is 2.24 bits per heavy atom. The van der Waals surface area contributed by atoms with Crippen molar-refractivity contribution in [2.45, 2.75) is 32.4 Å². The van der Waals surface area contributed by atoms with Gasteiger partial charge in [0.1, 0.15) is 0 Å². The van der Waals surface area contributed by atoms with E-state index >= 15 is 0 Å². The molecule has 98 valence electrons. The van der Waals surface area contributed by atoms with Crippen molar-refractivity contribution in [1.82, 2.24) is 4.90 Å². The number of hydrogen-bond acceptors (Lipinski definition) is 4. The third-order valence-corrected chi connectivity index (χ3v) is 4.48. The average Bonchev–Trinajstić information content (AvgIpc) is 2.69. The van der Waals surface area contributed by atoms with Crippen LogP contribution in [0.25, 0.3) is 0 Å². The summed E-state index contributed by atoms with van der Waals surface area (Å²) in [7, 11) is 0. The van der Waals surface area contributed by atoms with Crippen molar-refractivity contribution in [3.63, 3.8) is 0 Å². The molecule has 0 spiro atoms. The van der Waals surface area contributed by atoms with Gasteiger partial charge in [0, 0.05) is 24.1 Å². The Labute approximate surface area is 116 Å². The molecule has 1 rings (SSSR count). The normalized spacial score (nSPS) is 15.2. The molecule has 0 amide bonds. The number of nitrogens with two attached hydrogens (primary N) is 1. The van der Waals surface area contributed by atoms with Crippen molar-refractivity contribution >= 4 is 27.3 Å². The summed E-state index contributed by atoms with van der Waals surface area (Å²) in [6, 6.07) is 4.52. The second-order valence-electron chi connectivity index (χ2n) is 4.15. The van der Waals surface area contributed by atoms with Gasteiger partial charge < -0.3 is 10.8 Å². The highest BCUT2D eigenvalue weighted by molar-refractivity contribution is 9.11. The predicted octanol–water partition coefficient (Wildman–Crippen LogP) is 2.60. The van der Waals surface area contributed by atoms with Gasteiger partial charge in [0.05, 0.1) is 9.83 Å². The standard InChI is InChI=1S/C12H21BrN2OS/c1-3-15(7-4-8-16)12(9(2)14)10-5-6-11(13)17-10/h5-6,9,12,16H,3-4,7-8,14H2,1-2H3. The molecule has 0 saturated carbocycles. The summed E-state index contributed by atoms with van der Waals surface area (Å²) >= 11 is 5.23. The van der Waals surface area contributed by atoms with E-state index in [1.54, 1.807) is 11.3 Å². The molecule has 2 atom stereocenters. The van der Waals surface area contributed by atoms with Crippen LogP contribution in [0.5, 0.6) is 0 Å². The highest BCUT2D eigenvalue weighted by Gasteiger charge is 2.23. The number of nitrogens with zero attached hydrogens (tertiary/aromatic N) is 1. The van der Waals surface area contributed by atoms with E-state index in [1.807, 2.05) is 6.92 Å². The van der Waals surface area contributed by atoms with Crippen LogP contribution in [-0.2, 0) is 0 Å². The summed E-state index contributed by atoms with van der Waals surface area (Å²) in [5.41, 5.74) is 6.11. The molecule has 2 unspecified atom stereocenters. The zero-order chi connectivity index (χ0) is 12.8. The lowest BCUT2D eigenvalue weighted by Crippen LogP contribution is -2.39. The van der Waals surface area contributed by atoms with E-state index in [1.165, 1.54) is 4.88 Å². The van der Waals surface area contributed by atoms with Crippen LogP contribution in [0.3, 0.4) is 0 Å². The molecule has 0 aliphatic heterocycles. The van der Waals surface area contributed by atoms with Gasteiger partial charge in [0.25, 0.3) is 0 Å². The molecule has 1 heterocycles. The van der Waals surface area contributed by atoms with E-state index in [2.05, 4.69) is 39.9 Å². The van der Waals surface area contributed by atoms with Crippen molar-refractivity contribution in [3.8, 4) is 0 Å². The van der Waals surface area contributed by atoms with Gasteiger partial charge in [-0.2, -0.15) is 0 Å². The second kappa shape index (κ2) is 7.48. The van der Waals surface area contributed by atoms with Crippen LogP contribution in [0.2, 0.25) is 0 Å². The number of aliphatic hydroxyl groups excluding tert-OH is 1. The molecular formula is C12H21BrN2OS. The first kappa shape index (κ1) is 15.1. The van der Waals surface area contributed by atoms with Crippen LogP contribution < -0.4 is 5.73 Å². The van der Waals surface area contributed by atoms with Gasteiger partial charge in [-0.3, -0.25) is 4.90 Å². The minimum Gasteiger partial charge on any atom is -0.396 e. The largest absolute Gasteiger partial charge is 0.396 e. The number of hydrogen-bond donors (Lipinski definition) is 2. The van der Waals surface area contributed by atoms with Crippen LogP contribution in [0.4, 0.5) is 0 Å².